The summed E-state index contributed by atoms with van der Waals surface area (Å²) in [6.45, 7) is 0. The molecule has 0 fully saturated rings. The second kappa shape index (κ2) is 15.0. The van der Waals surface area contributed by atoms with Gasteiger partial charge in [0, 0.05) is 24.5 Å². The maximum atomic E-state index is 13.3. The van der Waals surface area contributed by atoms with Crippen LogP contribution in [0.2, 0.25) is 0 Å². The lowest BCUT2D eigenvalue weighted by Crippen LogP contribution is -2.44. The van der Waals surface area contributed by atoms with E-state index in [-0.39, 0.29) is 37.7 Å². The summed E-state index contributed by atoms with van der Waals surface area (Å²) < 4.78 is 10.3. The van der Waals surface area contributed by atoms with E-state index < -0.39 is 41.9 Å². The van der Waals surface area contributed by atoms with E-state index in [0.29, 0.717) is 5.56 Å². The van der Waals surface area contributed by atoms with Crippen molar-refractivity contribution in [2.75, 3.05) is 7.11 Å². The minimum atomic E-state index is -1.20. The fourth-order valence-corrected chi connectivity index (χ4v) is 4.27. The molecule has 3 aromatic carbocycles. The number of primary amides is 1. The Balaban J connectivity index is 1.80. The Hall–Kier alpha value is -4.99. The minimum Gasteiger partial charge on any atom is -0.481 e. The van der Waals surface area contributed by atoms with Crippen LogP contribution in [0.4, 0.5) is 0 Å². The summed E-state index contributed by atoms with van der Waals surface area (Å²) in [5.74, 6) is -3.78. The van der Waals surface area contributed by atoms with Crippen LogP contribution in [-0.2, 0) is 35.1 Å². The van der Waals surface area contributed by atoms with Crippen molar-refractivity contribution in [3.05, 3.63) is 89.5 Å². The van der Waals surface area contributed by atoms with E-state index in [1.165, 1.54) is 19.3 Å². The van der Waals surface area contributed by atoms with Crippen LogP contribution in [0.3, 0.4) is 0 Å². The van der Waals surface area contributed by atoms with Crippen LogP contribution < -0.4 is 11.1 Å². The zero-order valence-corrected chi connectivity index (χ0v) is 22.6. The minimum absolute atomic E-state index is 0.0176. The molecule has 4 N–H and O–H groups in total. The van der Waals surface area contributed by atoms with Gasteiger partial charge in [-0.15, -0.1) is 0 Å². The molecular formula is C31H32N2O8. The monoisotopic (exact) mass is 560 g/mol. The van der Waals surface area contributed by atoms with Crippen molar-refractivity contribution in [1.29, 1.82) is 0 Å². The summed E-state index contributed by atoms with van der Waals surface area (Å²) in [6, 6.07) is 18.7. The number of hydrogen-bond donors (Lipinski definition) is 3. The maximum Gasteiger partial charge on any atom is 0.330 e. The number of carboxylic acid groups (broad SMARTS) is 1. The number of ether oxygens (including phenoxy) is 2. The Kier molecular flexibility index (Phi) is 11.2. The smallest absolute Gasteiger partial charge is 0.330 e. The van der Waals surface area contributed by atoms with Gasteiger partial charge in [0.2, 0.25) is 5.91 Å². The number of amides is 2. The van der Waals surface area contributed by atoms with E-state index >= 15 is 0 Å². The van der Waals surface area contributed by atoms with Gasteiger partial charge in [0.1, 0.15) is 12.1 Å². The first-order chi connectivity index (χ1) is 19.7. The molecule has 0 unspecified atom stereocenters. The molecule has 3 aromatic rings. The van der Waals surface area contributed by atoms with Crippen LogP contribution in [0.25, 0.3) is 16.8 Å². The summed E-state index contributed by atoms with van der Waals surface area (Å²) in [5, 5.41) is 13.7. The molecule has 0 spiro atoms. The van der Waals surface area contributed by atoms with E-state index in [1.807, 2.05) is 42.5 Å². The number of carbonyl (C=O) groups excluding carboxylic acids is 4. The SMILES string of the molecule is COC(=O)C=Cc1ccccc1C(=O)N[C@@H](CCCC(=O)O)C(=O)O[C@H](CC(N)=O)Cc1ccc2ccccc2c1. The van der Waals surface area contributed by atoms with Crippen molar-refractivity contribution in [2.24, 2.45) is 5.73 Å². The predicted molar refractivity (Wildman–Crippen MR) is 152 cm³/mol. The number of nitrogens with two attached hydrogens (primary N) is 1. The van der Waals surface area contributed by atoms with E-state index in [2.05, 4.69) is 10.1 Å². The molecule has 2 amide bonds. The highest BCUT2D eigenvalue weighted by Crippen LogP contribution is 2.19. The predicted octanol–water partition coefficient (Wildman–Crippen LogP) is 3.41. The molecule has 3 rings (SSSR count). The standard InChI is InChI=1S/C31H32N2O8/c1-40-29(37)16-15-22-8-4-5-10-25(22)30(38)33-26(11-6-12-28(35)36)31(39)41-24(19-27(32)34)18-20-13-14-21-7-2-3-9-23(21)17-20/h2-5,7-10,13-17,24,26H,6,11-12,18-19H2,1H3,(H2,32,34)(H,33,38)(H,35,36)/t24-,26-/m0/s1. The first-order valence-corrected chi connectivity index (χ1v) is 13.0. The highest BCUT2D eigenvalue weighted by Gasteiger charge is 2.27. The molecular weight excluding hydrogens is 528 g/mol. The Labute approximate surface area is 237 Å². The summed E-state index contributed by atoms with van der Waals surface area (Å²) in [7, 11) is 1.23. The van der Waals surface area contributed by atoms with Crippen LogP contribution in [0, 0.1) is 0 Å². The van der Waals surface area contributed by atoms with E-state index in [9.17, 15) is 24.0 Å². The molecule has 0 aromatic heterocycles. The van der Waals surface area contributed by atoms with E-state index in [1.54, 1.807) is 18.2 Å². The number of aliphatic carboxylic acids is 1. The molecule has 0 aliphatic carbocycles. The third-order valence-electron chi connectivity index (χ3n) is 6.27. The largest absolute Gasteiger partial charge is 0.481 e. The summed E-state index contributed by atoms with van der Waals surface area (Å²) in [5.41, 5.74) is 6.83. The second-order valence-corrected chi connectivity index (χ2v) is 9.37. The van der Waals surface area contributed by atoms with Crippen LogP contribution >= 0.6 is 0 Å². The first kappa shape index (κ1) is 30.6. The number of hydrogen-bond acceptors (Lipinski definition) is 7. The normalized spacial score (nSPS) is 12.4. The van der Waals surface area contributed by atoms with Gasteiger partial charge < -0.3 is 25.6 Å². The Morgan fingerprint density at radius 1 is 0.976 bits per heavy atom. The van der Waals surface area contributed by atoms with Crippen LogP contribution in [0.5, 0.6) is 0 Å². The van der Waals surface area contributed by atoms with Gasteiger partial charge in [-0.25, -0.2) is 9.59 Å². The number of nitrogens with one attached hydrogen (secondary N) is 1. The summed E-state index contributed by atoms with van der Waals surface area (Å²) in [4.78, 5) is 60.9. The highest BCUT2D eigenvalue weighted by atomic mass is 16.5. The van der Waals surface area contributed by atoms with Gasteiger partial charge in [-0.3, -0.25) is 14.4 Å². The molecule has 0 saturated carbocycles. The number of rotatable bonds is 14. The third kappa shape index (κ3) is 9.61. The molecule has 214 valence electrons. The van der Waals surface area contributed by atoms with Gasteiger partial charge in [-0.1, -0.05) is 60.7 Å². The number of benzene rings is 3. The lowest BCUT2D eigenvalue weighted by atomic mass is 10.0. The number of carbonyl (C=O) groups is 5. The fraction of sp³-hybridized carbons (Fsp3) is 0.258. The Morgan fingerprint density at radius 3 is 2.39 bits per heavy atom. The molecule has 0 bridgehead atoms. The zero-order valence-electron chi connectivity index (χ0n) is 22.6. The molecule has 0 aliphatic rings. The van der Waals surface area contributed by atoms with Gasteiger partial charge in [0.15, 0.2) is 0 Å². The molecule has 0 heterocycles. The average molecular weight is 561 g/mol. The molecule has 0 saturated heterocycles. The van der Waals surface area contributed by atoms with Gasteiger partial charge in [0.05, 0.1) is 13.5 Å². The number of fused-ring (bicyclic) bond motifs is 1. The molecule has 10 heteroatoms. The maximum absolute atomic E-state index is 13.3. The van der Waals surface area contributed by atoms with Gasteiger partial charge >= 0.3 is 17.9 Å². The topological polar surface area (TPSA) is 162 Å². The molecule has 0 radical (unpaired) electrons. The van der Waals surface area contributed by atoms with Gasteiger partial charge in [-0.2, -0.15) is 0 Å². The lowest BCUT2D eigenvalue weighted by molar-refractivity contribution is -0.153. The average Bonchev–Trinajstić information content (AvgIpc) is 2.94. The van der Waals surface area contributed by atoms with Crippen LogP contribution in [0.1, 0.15) is 47.2 Å². The van der Waals surface area contributed by atoms with Crippen LogP contribution in [-0.4, -0.2) is 54.1 Å². The second-order valence-electron chi connectivity index (χ2n) is 9.37. The van der Waals surface area contributed by atoms with Crippen molar-refractivity contribution >= 4 is 46.6 Å². The lowest BCUT2D eigenvalue weighted by Gasteiger charge is -2.23. The fourth-order valence-electron chi connectivity index (χ4n) is 4.27. The van der Waals surface area contributed by atoms with Crippen LogP contribution in [0.15, 0.2) is 72.8 Å². The van der Waals surface area contributed by atoms with E-state index in [4.69, 9.17) is 15.6 Å². The highest BCUT2D eigenvalue weighted by molar-refractivity contribution is 6.00. The molecule has 10 nitrogen and oxygen atoms in total. The molecule has 41 heavy (non-hydrogen) atoms. The van der Waals surface area contributed by atoms with Crippen molar-refractivity contribution in [3.8, 4) is 0 Å². The van der Waals surface area contributed by atoms with Gasteiger partial charge in [-0.05, 0) is 46.9 Å². The van der Waals surface area contributed by atoms with Crippen molar-refractivity contribution in [3.63, 3.8) is 0 Å². The van der Waals surface area contributed by atoms with E-state index in [0.717, 1.165) is 22.4 Å². The Morgan fingerprint density at radius 2 is 1.68 bits per heavy atom. The quantitative estimate of drug-likeness (QED) is 0.200. The molecule has 0 aliphatic heterocycles. The first-order valence-electron chi connectivity index (χ1n) is 13.0. The van der Waals surface area contributed by atoms with Crippen molar-refractivity contribution in [2.45, 2.75) is 44.2 Å². The number of esters is 2. The molecule has 2 atom stereocenters. The number of carboxylic acids is 1. The third-order valence-corrected chi connectivity index (χ3v) is 6.27. The van der Waals surface area contributed by atoms with Gasteiger partial charge in [0.25, 0.3) is 5.91 Å². The summed E-state index contributed by atoms with van der Waals surface area (Å²) >= 11 is 0. The number of methoxy groups -OCH3 is 1. The van der Waals surface area contributed by atoms with Crippen molar-refractivity contribution < 1.29 is 38.6 Å². The summed E-state index contributed by atoms with van der Waals surface area (Å²) in [6.07, 6.45) is 1.47. The Bertz CT molecular complexity index is 1450. The van der Waals surface area contributed by atoms with Crippen molar-refractivity contribution in [1.82, 2.24) is 5.32 Å². The zero-order chi connectivity index (χ0) is 29.8.